The number of anilines is 2. The van der Waals surface area contributed by atoms with E-state index < -0.39 is 55.6 Å². The van der Waals surface area contributed by atoms with Gasteiger partial charge in [0, 0.05) is 20.3 Å². The second-order valence-electron chi connectivity index (χ2n) is 5.70. The molecule has 0 bridgehead atoms. The summed E-state index contributed by atoms with van der Waals surface area (Å²) in [6.07, 6.45) is -3.09. The van der Waals surface area contributed by atoms with Crippen LogP contribution in [0.1, 0.15) is 33.9 Å². The van der Waals surface area contributed by atoms with Crippen LogP contribution in [0, 0.1) is 0 Å². The zero-order valence-electron chi connectivity index (χ0n) is 22.8. The lowest BCUT2D eigenvalue weighted by atomic mass is 10.1. The van der Waals surface area contributed by atoms with Crippen molar-refractivity contribution >= 4 is 28.1 Å². The number of aromatic nitrogens is 1. The summed E-state index contributed by atoms with van der Waals surface area (Å²) in [5.41, 5.74) is 5.26. The van der Waals surface area contributed by atoms with Crippen molar-refractivity contribution < 1.29 is 20.9 Å². The van der Waals surface area contributed by atoms with Gasteiger partial charge in [0.25, 0.3) is 0 Å². The summed E-state index contributed by atoms with van der Waals surface area (Å²) in [6.45, 7) is -2.80. The van der Waals surface area contributed by atoms with E-state index >= 15 is 0 Å². The number of carbonyl (C=O) groups excluding carboxylic acids is 1. The Morgan fingerprint density at radius 1 is 1.32 bits per heavy atom. The molecule has 7 heteroatoms. The first-order chi connectivity index (χ1) is 16.7. The Morgan fingerprint density at radius 2 is 2.07 bits per heavy atom. The molecule has 1 atom stereocenters. The predicted octanol–water partition coefficient (Wildman–Crippen LogP) is 2.77. The average molecular weight is 405 g/mol. The second kappa shape index (κ2) is 9.98. The summed E-state index contributed by atoms with van der Waals surface area (Å²) < 4.78 is 65.3. The third-order valence-corrected chi connectivity index (χ3v) is 4.18. The molecule has 6 nitrogen and oxygen atoms in total. The molecule has 0 aliphatic carbocycles. The van der Waals surface area contributed by atoms with Gasteiger partial charge in [0.05, 0.1) is 26.4 Å². The van der Waals surface area contributed by atoms with Crippen molar-refractivity contribution in [3.8, 4) is 0 Å². The van der Waals surface area contributed by atoms with Crippen LogP contribution in [-0.2, 0) is 17.6 Å². The third-order valence-electron chi connectivity index (χ3n) is 3.54. The first-order valence-electron chi connectivity index (χ1n) is 12.4. The largest absolute Gasteiger partial charge is 0.387 e. The van der Waals surface area contributed by atoms with Crippen molar-refractivity contribution in [2.75, 3.05) is 24.1 Å². The van der Waals surface area contributed by atoms with Crippen molar-refractivity contribution in [3.63, 3.8) is 0 Å². The van der Waals surface area contributed by atoms with Gasteiger partial charge in [-0.25, -0.2) is 4.98 Å². The fourth-order valence-corrected chi connectivity index (χ4v) is 2.72. The van der Waals surface area contributed by atoms with E-state index in [-0.39, 0.29) is 39.4 Å². The van der Waals surface area contributed by atoms with Crippen LogP contribution in [0.25, 0.3) is 0 Å². The average Bonchev–Trinajstić information content (AvgIpc) is 3.14. The number of rotatable bonds is 9. The molecule has 1 amide bonds. The monoisotopic (exact) mass is 404 g/mol. The Labute approximate surface area is 179 Å². The van der Waals surface area contributed by atoms with E-state index in [0.717, 1.165) is 11.3 Å². The molecule has 1 heterocycles. The normalized spacial score (nSPS) is 17.6. The van der Waals surface area contributed by atoms with Crippen LogP contribution in [0.5, 0.6) is 0 Å². The van der Waals surface area contributed by atoms with Crippen LogP contribution in [0.15, 0.2) is 59.9 Å². The Kier molecular flexibility index (Phi) is 4.26. The van der Waals surface area contributed by atoms with Crippen LogP contribution >= 0.6 is 11.3 Å². The molecule has 0 fully saturated rings. The minimum absolute atomic E-state index is 0.000809. The number of nitrogens with one attached hydrogen (secondary N) is 2. The fourth-order valence-electron chi connectivity index (χ4n) is 2.22. The predicted molar refractivity (Wildman–Crippen MR) is 113 cm³/mol. The van der Waals surface area contributed by atoms with Gasteiger partial charge in [-0.15, -0.1) is 11.3 Å². The van der Waals surface area contributed by atoms with Gasteiger partial charge in [0.2, 0.25) is 5.91 Å². The zero-order chi connectivity index (χ0) is 26.8. The van der Waals surface area contributed by atoms with Crippen LogP contribution in [-0.4, -0.2) is 29.0 Å². The molecule has 3 aromatic rings. The molecule has 5 N–H and O–H groups in total. The maximum atomic E-state index is 12.4. The molecule has 28 heavy (non-hydrogen) atoms. The number of aliphatic hydroxyl groups is 1. The van der Waals surface area contributed by atoms with E-state index in [4.69, 9.17) is 16.7 Å². The number of hydrogen-bond donors (Lipinski definition) is 4. The lowest BCUT2D eigenvalue weighted by Gasteiger charge is -2.12. The summed E-state index contributed by atoms with van der Waals surface area (Å²) in [7, 11) is 0. The Hall–Kier alpha value is -2.74. The van der Waals surface area contributed by atoms with Crippen molar-refractivity contribution in [1.82, 2.24) is 10.3 Å². The molecule has 0 spiro atoms. The Balaban J connectivity index is 1.77. The first-order valence-corrected chi connectivity index (χ1v) is 9.17. The van der Waals surface area contributed by atoms with Crippen LogP contribution < -0.4 is 16.4 Å². The number of nitrogen functional groups attached to an aromatic ring is 1. The zero-order valence-corrected chi connectivity index (χ0v) is 15.6. The topological polar surface area (TPSA) is 100 Å². The van der Waals surface area contributed by atoms with E-state index in [1.54, 1.807) is 18.2 Å². The quantitative estimate of drug-likeness (QED) is 0.439. The van der Waals surface area contributed by atoms with Crippen molar-refractivity contribution in [2.45, 2.75) is 18.9 Å². The molecule has 0 saturated heterocycles. The summed E-state index contributed by atoms with van der Waals surface area (Å²) in [4.78, 5) is 16.3. The van der Waals surface area contributed by atoms with Gasteiger partial charge in [-0.05, 0) is 36.1 Å². The van der Waals surface area contributed by atoms with Crippen LogP contribution in [0.2, 0.25) is 0 Å². The minimum atomic E-state index is -2.30. The van der Waals surface area contributed by atoms with Gasteiger partial charge in [0.1, 0.15) is 0 Å². The molecule has 0 aliphatic heterocycles. The molecule has 0 unspecified atom stereocenters. The van der Waals surface area contributed by atoms with E-state index in [9.17, 15) is 9.90 Å². The molecule has 0 saturated carbocycles. The Bertz CT molecular complexity index is 1240. The van der Waals surface area contributed by atoms with E-state index in [1.807, 2.05) is 0 Å². The third kappa shape index (κ3) is 6.16. The minimum Gasteiger partial charge on any atom is -0.387 e. The number of thiazole rings is 1. The van der Waals surface area contributed by atoms with Crippen molar-refractivity contribution in [3.05, 3.63) is 76.7 Å². The molecule has 1 aromatic heterocycles. The van der Waals surface area contributed by atoms with Crippen LogP contribution in [0.3, 0.4) is 0 Å². The number of hydrogen-bond acceptors (Lipinski definition) is 6. The lowest BCUT2D eigenvalue weighted by molar-refractivity contribution is -0.115. The molecule has 146 valence electrons. The van der Waals surface area contributed by atoms with E-state index in [0.29, 0.717) is 0 Å². The van der Waals surface area contributed by atoms with Crippen molar-refractivity contribution in [1.29, 1.82) is 0 Å². The highest BCUT2D eigenvalue weighted by molar-refractivity contribution is 7.13. The SMILES string of the molecule is [2H]c1sc(N)nc1CC(=O)Nc1c([2H])c([2H])c(CC([2H])([2H])NC[C@]([2H])(O)c2ccccc2)c([2H])c1[2H]. The lowest BCUT2D eigenvalue weighted by Crippen LogP contribution is -2.23. The number of nitrogens with two attached hydrogens (primary N) is 1. The van der Waals surface area contributed by atoms with E-state index in [1.165, 1.54) is 12.1 Å². The molecule has 2 aromatic carbocycles. The fraction of sp³-hybridized carbons (Fsp3) is 0.238. The standard InChI is InChI=1S/C21H24N4O2S/c22-21-25-18(14-28-21)12-20(27)24-17-8-6-15(7-9-17)10-11-23-13-19(26)16-4-2-1-3-5-16/h1-9,14,19,23,26H,10-13H2,(H2,22,25)(H,24,27)/t19-/m0/s1/i6D,7D,8D,9D,11D2,14D,19D. The summed E-state index contributed by atoms with van der Waals surface area (Å²) in [5.74, 6) is -0.713. The second-order valence-corrected chi connectivity index (χ2v) is 6.53. The highest BCUT2D eigenvalue weighted by Crippen LogP contribution is 2.14. The highest BCUT2D eigenvalue weighted by Gasteiger charge is 2.08. The number of nitrogens with zero attached hydrogens (tertiary/aromatic N) is 1. The van der Waals surface area contributed by atoms with Gasteiger partial charge < -0.3 is 21.5 Å². The molecule has 0 aliphatic rings. The number of carbonyl (C=O) groups is 1. The van der Waals surface area contributed by atoms with Crippen LogP contribution in [0.4, 0.5) is 10.8 Å². The van der Waals surface area contributed by atoms with Crippen molar-refractivity contribution in [2.24, 2.45) is 0 Å². The maximum absolute atomic E-state index is 12.4. The maximum Gasteiger partial charge on any atom is 0.230 e. The summed E-state index contributed by atoms with van der Waals surface area (Å²) >= 11 is 0.890. The van der Waals surface area contributed by atoms with Gasteiger partial charge >= 0.3 is 0 Å². The summed E-state index contributed by atoms with van der Waals surface area (Å²) in [6, 6.07) is 5.80. The molecule has 0 radical (unpaired) electrons. The summed E-state index contributed by atoms with van der Waals surface area (Å²) in [5, 5.41) is 15.3. The first kappa shape index (κ1) is 12.0. The number of amides is 1. The number of benzene rings is 2. The van der Waals surface area contributed by atoms with Gasteiger partial charge in [-0.2, -0.15) is 0 Å². The molecular formula is C21H24N4O2S. The van der Waals surface area contributed by atoms with Gasteiger partial charge in [-0.3, -0.25) is 4.79 Å². The smallest absolute Gasteiger partial charge is 0.230 e. The molecule has 3 rings (SSSR count). The van der Waals surface area contributed by atoms with E-state index in [2.05, 4.69) is 15.6 Å². The highest BCUT2D eigenvalue weighted by atomic mass is 32.1. The van der Waals surface area contributed by atoms with Gasteiger partial charge in [-0.1, -0.05) is 42.4 Å². The molecular weight excluding hydrogens is 372 g/mol. The van der Waals surface area contributed by atoms with Gasteiger partial charge in [0.15, 0.2) is 5.13 Å². The Morgan fingerprint density at radius 3 is 2.75 bits per heavy atom.